The van der Waals surface area contributed by atoms with Crippen molar-refractivity contribution in [3.05, 3.63) is 33.4 Å². The van der Waals surface area contributed by atoms with Gasteiger partial charge in [0.25, 0.3) is 0 Å². The number of aryl methyl sites for hydroxylation is 2. The van der Waals surface area contributed by atoms with E-state index in [9.17, 15) is 0 Å². The molecule has 0 N–H and O–H groups in total. The molecule has 3 rings (SSSR count). The lowest BCUT2D eigenvalue weighted by molar-refractivity contribution is 0.635. The van der Waals surface area contributed by atoms with Gasteiger partial charge in [-0.15, -0.1) is 0 Å². The van der Waals surface area contributed by atoms with Gasteiger partial charge in [-0.25, -0.2) is 0 Å². The fraction of sp³-hybridized carbons (Fsp3) is 0.273. The van der Waals surface area contributed by atoms with Crippen LogP contribution in [0.15, 0.2) is 22.8 Å². The van der Waals surface area contributed by atoms with Crippen LogP contribution in [0, 0.1) is 0 Å². The van der Waals surface area contributed by atoms with Gasteiger partial charge in [0, 0.05) is 27.6 Å². The van der Waals surface area contributed by atoms with Crippen LogP contribution in [0.25, 0.3) is 10.9 Å². The first-order chi connectivity index (χ1) is 6.75. The van der Waals surface area contributed by atoms with Crippen molar-refractivity contribution in [2.45, 2.75) is 19.4 Å². The minimum Gasteiger partial charge on any atom is -0.346 e. The second-order valence-corrected chi connectivity index (χ2v) is 5.03. The van der Waals surface area contributed by atoms with Crippen LogP contribution in [0.1, 0.15) is 12.0 Å². The van der Waals surface area contributed by atoms with E-state index >= 15 is 0 Å². The van der Waals surface area contributed by atoms with E-state index in [1.165, 1.54) is 22.9 Å². The molecule has 14 heavy (non-hydrogen) atoms. The molecular weight excluding hydrogens is 261 g/mol. The third kappa shape index (κ3) is 1.14. The van der Waals surface area contributed by atoms with Crippen molar-refractivity contribution in [2.24, 2.45) is 0 Å². The number of aromatic nitrogens is 1. The summed E-state index contributed by atoms with van der Waals surface area (Å²) >= 11 is 9.65. The van der Waals surface area contributed by atoms with Gasteiger partial charge in [0.1, 0.15) is 0 Å². The summed E-state index contributed by atoms with van der Waals surface area (Å²) in [7, 11) is 0. The van der Waals surface area contributed by atoms with Crippen molar-refractivity contribution in [2.75, 3.05) is 0 Å². The highest BCUT2D eigenvalue weighted by Crippen LogP contribution is 2.34. The van der Waals surface area contributed by atoms with Gasteiger partial charge in [0.2, 0.25) is 0 Å². The minimum absolute atomic E-state index is 0.841. The largest absolute Gasteiger partial charge is 0.346 e. The first-order valence-electron chi connectivity index (χ1n) is 4.72. The molecule has 0 saturated heterocycles. The van der Waals surface area contributed by atoms with Crippen molar-refractivity contribution < 1.29 is 0 Å². The van der Waals surface area contributed by atoms with Crippen LogP contribution in [0.2, 0.25) is 5.02 Å². The summed E-state index contributed by atoms with van der Waals surface area (Å²) < 4.78 is 3.47. The topological polar surface area (TPSA) is 4.93 Å². The summed E-state index contributed by atoms with van der Waals surface area (Å²) in [6.45, 7) is 1.12. The Morgan fingerprint density at radius 3 is 3.07 bits per heavy atom. The Bertz CT molecular complexity index is 515. The summed E-state index contributed by atoms with van der Waals surface area (Å²) in [5, 5.41) is 2.08. The molecular formula is C11H9BrClN. The van der Waals surface area contributed by atoms with E-state index in [4.69, 9.17) is 11.6 Å². The summed E-state index contributed by atoms with van der Waals surface area (Å²) in [6, 6.07) is 4.12. The first-order valence-corrected chi connectivity index (χ1v) is 5.89. The molecule has 1 aliphatic rings. The fourth-order valence-electron chi connectivity index (χ4n) is 2.25. The Morgan fingerprint density at radius 2 is 2.21 bits per heavy atom. The van der Waals surface area contributed by atoms with E-state index in [1.807, 2.05) is 6.07 Å². The Balaban J connectivity index is 2.49. The molecule has 0 bridgehead atoms. The maximum absolute atomic E-state index is 6.08. The van der Waals surface area contributed by atoms with Crippen molar-refractivity contribution in [1.82, 2.24) is 4.57 Å². The summed E-state index contributed by atoms with van der Waals surface area (Å²) in [5.74, 6) is 0. The molecule has 1 nitrogen and oxygen atoms in total. The molecule has 0 aliphatic carbocycles. The highest BCUT2D eigenvalue weighted by atomic mass is 79.9. The Hall–Kier alpha value is -0.470. The smallest absolute Gasteiger partial charge is 0.0525 e. The van der Waals surface area contributed by atoms with E-state index in [1.54, 1.807) is 0 Å². The highest BCUT2D eigenvalue weighted by molar-refractivity contribution is 9.10. The summed E-state index contributed by atoms with van der Waals surface area (Å²) in [4.78, 5) is 0. The molecule has 1 aromatic heterocycles. The van der Waals surface area contributed by atoms with Crippen LogP contribution in [-0.2, 0) is 13.0 Å². The van der Waals surface area contributed by atoms with Crippen molar-refractivity contribution in [3.63, 3.8) is 0 Å². The number of hydrogen-bond acceptors (Lipinski definition) is 0. The maximum Gasteiger partial charge on any atom is 0.0525 e. The quantitative estimate of drug-likeness (QED) is 0.682. The molecule has 0 spiro atoms. The molecule has 0 atom stereocenters. The first kappa shape index (κ1) is 8.81. The van der Waals surface area contributed by atoms with E-state index < -0.39 is 0 Å². The molecule has 0 fully saturated rings. The third-order valence-electron chi connectivity index (χ3n) is 2.81. The van der Waals surface area contributed by atoms with Crippen LogP contribution in [0.5, 0.6) is 0 Å². The zero-order valence-electron chi connectivity index (χ0n) is 7.56. The molecule has 1 aliphatic heterocycles. The number of halogens is 2. The maximum atomic E-state index is 6.08. The van der Waals surface area contributed by atoms with Crippen LogP contribution >= 0.6 is 27.5 Å². The Labute approximate surface area is 95.8 Å². The van der Waals surface area contributed by atoms with Crippen LogP contribution in [-0.4, -0.2) is 4.57 Å². The predicted octanol–water partition coefficient (Wildman–Crippen LogP) is 4.00. The Kier molecular flexibility index (Phi) is 1.89. The zero-order valence-corrected chi connectivity index (χ0v) is 9.90. The average Bonchev–Trinajstić information content (AvgIpc) is 2.45. The van der Waals surface area contributed by atoms with Gasteiger partial charge in [-0.05, 0) is 46.5 Å². The van der Waals surface area contributed by atoms with Crippen LogP contribution in [0.3, 0.4) is 0 Å². The molecule has 2 heterocycles. The zero-order chi connectivity index (χ0) is 9.71. The van der Waals surface area contributed by atoms with Gasteiger partial charge >= 0.3 is 0 Å². The van der Waals surface area contributed by atoms with Gasteiger partial charge in [-0.3, -0.25) is 0 Å². The normalized spacial score (nSPS) is 15.0. The standard InChI is InChI=1S/C11H9BrClN/c12-10-6-14-3-1-2-7-4-8(13)5-9(10)11(7)14/h4-6H,1-3H2. The minimum atomic E-state index is 0.841. The fourth-order valence-corrected chi connectivity index (χ4v) is 3.04. The molecule has 0 saturated carbocycles. The second-order valence-electron chi connectivity index (χ2n) is 3.74. The molecule has 0 amide bonds. The van der Waals surface area contributed by atoms with Gasteiger partial charge < -0.3 is 4.57 Å². The third-order valence-corrected chi connectivity index (χ3v) is 3.66. The van der Waals surface area contributed by atoms with E-state index in [2.05, 4.69) is 32.8 Å². The monoisotopic (exact) mass is 269 g/mol. The number of benzene rings is 1. The van der Waals surface area contributed by atoms with Crippen molar-refractivity contribution in [1.29, 1.82) is 0 Å². The average molecular weight is 271 g/mol. The Morgan fingerprint density at radius 1 is 1.36 bits per heavy atom. The van der Waals surface area contributed by atoms with E-state index in [0.717, 1.165) is 22.5 Å². The number of rotatable bonds is 0. The van der Waals surface area contributed by atoms with Crippen LogP contribution in [0.4, 0.5) is 0 Å². The van der Waals surface area contributed by atoms with Gasteiger partial charge in [0.15, 0.2) is 0 Å². The SMILES string of the molecule is Clc1cc2c3c(c1)c(Br)cn3CCC2. The van der Waals surface area contributed by atoms with Gasteiger partial charge in [-0.1, -0.05) is 11.6 Å². The van der Waals surface area contributed by atoms with Gasteiger partial charge in [-0.2, -0.15) is 0 Å². The molecule has 3 heteroatoms. The predicted molar refractivity (Wildman–Crippen MR) is 63.0 cm³/mol. The second kappa shape index (κ2) is 3.01. The van der Waals surface area contributed by atoms with Crippen molar-refractivity contribution in [3.8, 4) is 0 Å². The lowest BCUT2D eigenvalue weighted by Gasteiger charge is -2.15. The summed E-state index contributed by atoms with van der Waals surface area (Å²) in [6.07, 6.45) is 4.51. The lowest BCUT2D eigenvalue weighted by Crippen LogP contribution is -2.06. The van der Waals surface area contributed by atoms with E-state index in [0.29, 0.717) is 0 Å². The van der Waals surface area contributed by atoms with Crippen molar-refractivity contribution >= 4 is 38.4 Å². The number of nitrogens with zero attached hydrogens (tertiary/aromatic N) is 1. The van der Waals surface area contributed by atoms with Gasteiger partial charge in [0.05, 0.1) is 5.52 Å². The molecule has 1 aromatic carbocycles. The molecule has 0 unspecified atom stereocenters. The summed E-state index contributed by atoms with van der Waals surface area (Å²) in [5.41, 5.74) is 2.73. The number of hydrogen-bond donors (Lipinski definition) is 0. The molecule has 72 valence electrons. The lowest BCUT2D eigenvalue weighted by atomic mass is 10.0. The highest BCUT2D eigenvalue weighted by Gasteiger charge is 2.15. The molecule has 2 aromatic rings. The van der Waals surface area contributed by atoms with Crippen LogP contribution < -0.4 is 0 Å². The molecule has 0 radical (unpaired) electrons. The van der Waals surface area contributed by atoms with E-state index in [-0.39, 0.29) is 0 Å².